The van der Waals surface area contributed by atoms with Gasteiger partial charge in [0.05, 0.1) is 19.0 Å². The van der Waals surface area contributed by atoms with Crippen molar-refractivity contribution in [1.82, 2.24) is 24.7 Å². The van der Waals surface area contributed by atoms with Gasteiger partial charge in [0.2, 0.25) is 0 Å². The van der Waals surface area contributed by atoms with Crippen LogP contribution in [0.25, 0.3) is 22.6 Å². The van der Waals surface area contributed by atoms with E-state index in [0.717, 1.165) is 7.11 Å². The minimum absolute atomic E-state index is 0.0155. The number of nitrogens with zero attached hydrogens (tertiary/aromatic N) is 5. The summed E-state index contributed by atoms with van der Waals surface area (Å²) in [5.74, 6) is -2.72. The number of nitrogens with two attached hydrogens (primary N) is 1. The quantitative estimate of drug-likeness (QED) is 0.153. The molecule has 1 aromatic carbocycles. The number of aromatic nitrogens is 5. The highest BCUT2D eigenvalue weighted by Crippen LogP contribution is 2.33. The number of anilines is 3. The van der Waals surface area contributed by atoms with Crippen molar-refractivity contribution < 1.29 is 43.9 Å². The number of carbonyl (C=O) groups is 2. The maximum atomic E-state index is 14.4. The summed E-state index contributed by atoms with van der Waals surface area (Å²) in [7, 11) is 1.10. The number of fused-ring (bicyclic) bond motifs is 1. The third-order valence-electron chi connectivity index (χ3n) is 6.48. The molecule has 5 atom stereocenters. The van der Waals surface area contributed by atoms with Crippen molar-refractivity contribution in [3.8, 4) is 11.5 Å². The maximum absolute atomic E-state index is 14.4. The van der Waals surface area contributed by atoms with E-state index in [1.807, 2.05) is 0 Å². The summed E-state index contributed by atoms with van der Waals surface area (Å²) in [5, 5.41) is 50.1. The first-order chi connectivity index (χ1) is 20.1. The number of hydrogen-bond acceptors (Lipinski definition) is 13. The Labute approximate surface area is 235 Å². The Morgan fingerprint density at radius 1 is 1.12 bits per heavy atom. The van der Waals surface area contributed by atoms with Crippen LogP contribution >= 0.6 is 0 Å². The fraction of sp³-hybridized carbons (Fsp3) is 0.280. The lowest BCUT2D eigenvalue weighted by atomic mass is 9.98. The molecule has 4 heterocycles. The molecule has 1 aliphatic rings. The van der Waals surface area contributed by atoms with E-state index in [9.17, 15) is 34.4 Å². The number of carbonyl (C=O) groups excluding carboxylic acids is 1. The highest BCUT2D eigenvalue weighted by molar-refractivity contribution is 5.95. The molecular weight excluding hydrogens is 559 g/mol. The van der Waals surface area contributed by atoms with Gasteiger partial charge in [-0.05, 0) is 18.2 Å². The Bertz CT molecular complexity index is 1650. The van der Waals surface area contributed by atoms with Crippen molar-refractivity contribution in [1.29, 1.82) is 0 Å². The zero-order valence-corrected chi connectivity index (χ0v) is 21.7. The molecule has 0 spiro atoms. The van der Waals surface area contributed by atoms with Crippen molar-refractivity contribution in [2.75, 3.05) is 23.5 Å². The van der Waals surface area contributed by atoms with Gasteiger partial charge in [-0.15, -0.1) is 0 Å². The Hall–Kier alpha value is -4.97. The normalized spacial score (nSPS) is 22.1. The Morgan fingerprint density at radius 2 is 1.88 bits per heavy atom. The molecule has 1 fully saturated rings. The number of ether oxygens (including phenoxy) is 2. The van der Waals surface area contributed by atoms with Crippen LogP contribution in [0.15, 0.2) is 42.6 Å². The van der Waals surface area contributed by atoms with Gasteiger partial charge in [0, 0.05) is 11.8 Å². The van der Waals surface area contributed by atoms with Crippen LogP contribution in [0.1, 0.15) is 5.56 Å². The molecule has 0 saturated carbocycles. The van der Waals surface area contributed by atoms with Crippen molar-refractivity contribution in [2.45, 2.75) is 37.2 Å². The number of benzene rings is 1. The van der Waals surface area contributed by atoms with Gasteiger partial charge in [-0.25, -0.2) is 33.6 Å². The van der Waals surface area contributed by atoms with E-state index in [4.69, 9.17) is 10.5 Å². The molecule has 5 rings (SSSR count). The SMILES string of the molecule is COC(=O)Nc1c(N)nc(-c2nn(Cc3ccccc3F)c3ncccc23)nc1N[C@@H]1O[C@H](C(=O)O)[C@@H](O)[C@H](O)[C@H]1O. The lowest BCUT2D eigenvalue weighted by Gasteiger charge is -2.39. The minimum atomic E-state index is -1.94. The highest BCUT2D eigenvalue weighted by atomic mass is 19.1. The number of rotatable bonds is 7. The fourth-order valence-corrected chi connectivity index (χ4v) is 4.38. The first-order valence-electron chi connectivity index (χ1n) is 12.4. The summed E-state index contributed by atoms with van der Waals surface area (Å²) in [6.45, 7) is 0.0155. The molecule has 1 aliphatic heterocycles. The first kappa shape index (κ1) is 28.6. The van der Waals surface area contributed by atoms with Crippen LogP contribution < -0.4 is 16.4 Å². The molecule has 8 N–H and O–H groups in total. The number of pyridine rings is 1. The number of carboxylic acids is 1. The number of aliphatic hydroxyl groups is 3. The molecule has 0 aliphatic carbocycles. The molecule has 16 nitrogen and oxygen atoms in total. The number of aliphatic hydroxyl groups excluding tert-OH is 3. The van der Waals surface area contributed by atoms with E-state index in [0.29, 0.717) is 16.6 Å². The lowest BCUT2D eigenvalue weighted by molar-refractivity contribution is -0.221. The van der Waals surface area contributed by atoms with Crippen LogP contribution in [0.2, 0.25) is 0 Å². The van der Waals surface area contributed by atoms with Gasteiger partial charge in [-0.1, -0.05) is 18.2 Å². The largest absolute Gasteiger partial charge is 0.479 e. The number of carboxylic acid groups (broad SMARTS) is 1. The third kappa shape index (κ3) is 5.36. The fourth-order valence-electron chi connectivity index (χ4n) is 4.38. The molecule has 3 aromatic heterocycles. The van der Waals surface area contributed by atoms with Gasteiger partial charge in [0.25, 0.3) is 0 Å². The van der Waals surface area contributed by atoms with Gasteiger partial charge in [-0.3, -0.25) is 5.32 Å². The third-order valence-corrected chi connectivity index (χ3v) is 6.48. The van der Waals surface area contributed by atoms with Gasteiger partial charge in [0.1, 0.15) is 35.5 Å². The molecule has 0 bridgehead atoms. The van der Waals surface area contributed by atoms with Gasteiger partial charge >= 0.3 is 12.1 Å². The predicted octanol–water partition coefficient (Wildman–Crippen LogP) is 0.140. The topological polar surface area (TPSA) is 240 Å². The second-order valence-electron chi connectivity index (χ2n) is 9.18. The lowest BCUT2D eigenvalue weighted by Crippen LogP contribution is -2.61. The summed E-state index contributed by atoms with van der Waals surface area (Å²) in [4.78, 5) is 36.6. The van der Waals surface area contributed by atoms with Gasteiger partial charge < -0.3 is 41.0 Å². The number of hydrogen-bond donors (Lipinski definition) is 7. The molecule has 4 aromatic rings. The molecule has 1 saturated heterocycles. The zero-order chi connectivity index (χ0) is 30.1. The van der Waals surface area contributed by atoms with Crippen molar-refractivity contribution in [2.24, 2.45) is 0 Å². The molecule has 1 amide bonds. The minimum Gasteiger partial charge on any atom is -0.479 e. The monoisotopic (exact) mass is 584 g/mol. The smallest absolute Gasteiger partial charge is 0.411 e. The van der Waals surface area contributed by atoms with Crippen LogP contribution in [0.3, 0.4) is 0 Å². The van der Waals surface area contributed by atoms with Crippen molar-refractivity contribution in [3.05, 3.63) is 54.0 Å². The number of nitrogens with one attached hydrogen (secondary N) is 2. The summed E-state index contributed by atoms with van der Waals surface area (Å²) in [6, 6.07) is 9.47. The Kier molecular flexibility index (Phi) is 7.81. The summed E-state index contributed by atoms with van der Waals surface area (Å²) in [6.07, 6.45) is -8.70. The van der Waals surface area contributed by atoms with Gasteiger partial charge in [0.15, 0.2) is 35.4 Å². The number of nitrogen functional groups attached to an aromatic ring is 1. The molecule has 220 valence electrons. The number of aliphatic carboxylic acids is 1. The van der Waals surface area contributed by atoms with Crippen molar-refractivity contribution in [3.63, 3.8) is 0 Å². The van der Waals surface area contributed by atoms with Crippen LogP contribution in [0.4, 0.5) is 26.5 Å². The van der Waals surface area contributed by atoms with Crippen molar-refractivity contribution >= 4 is 40.4 Å². The van der Waals surface area contributed by atoms with E-state index in [1.54, 1.807) is 30.3 Å². The first-order valence-corrected chi connectivity index (χ1v) is 12.4. The van der Waals surface area contributed by atoms with Crippen LogP contribution in [0.5, 0.6) is 0 Å². The zero-order valence-electron chi connectivity index (χ0n) is 21.7. The second-order valence-corrected chi connectivity index (χ2v) is 9.18. The van der Waals surface area contributed by atoms with E-state index in [1.165, 1.54) is 16.9 Å². The molecule has 0 unspecified atom stereocenters. The number of methoxy groups -OCH3 is 1. The molecular formula is C25H25FN8O8. The average molecular weight is 585 g/mol. The molecule has 17 heteroatoms. The number of amides is 1. The van der Waals surface area contributed by atoms with E-state index in [2.05, 4.69) is 35.4 Å². The van der Waals surface area contributed by atoms with E-state index >= 15 is 0 Å². The molecule has 42 heavy (non-hydrogen) atoms. The predicted molar refractivity (Wildman–Crippen MR) is 142 cm³/mol. The standard InChI is InChI=1S/C25H25FN8O8/c1-41-25(40)29-14-19(27)30-20(31-21(14)32-23-17(37)15(35)16(36)18(42-23)24(38)39)13-11-6-4-8-28-22(11)34(33-13)9-10-5-2-3-7-12(10)26/h2-8,15-18,23,35-37H,9H2,1H3,(H,29,40)(H,38,39)(H3,27,30,31,32)/t15-,16-,17+,18-,23+/m0/s1. The van der Waals surface area contributed by atoms with E-state index in [-0.39, 0.29) is 35.4 Å². The van der Waals surface area contributed by atoms with Crippen LogP contribution in [-0.4, -0.2) is 95.0 Å². The van der Waals surface area contributed by atoms with E-state index < -0.39 is 48.5 Å². The Morgan fingerprint density at radius 3 is 2.60 bits per heavy atom. The maximum Gasteiger partial charge on any atom is 0.411 e. The highest BCUT2D eigenvalue weighted by Gasteiger charge is 2.47. The average Bonchev–Trinajstić information content (AvgIpc) is 3.34. The summed E-state index contributed by atoms with van der Waals surface area (Å²) in [5.41, 5.74) is 6.82. The number of halogens is 1. The summed E-state index contributed by atoms with van der Waals surface area (Å²) < 4.78 is 25.8. The summed E-state index contributed by atoms with van der Waals surface area (Å²) >= 11 is 0. The second kappa shape index (κ2) is 11.5. The Balaban J connectivity index is 1.60. The van der Waals surface area contributed by atoms with Crippen LogP contribution in [0, 0.1) is 5.82 Å². The molecule has 0 radical (unpaired) electrons. The van der Waals surface area contributed by atoms with Crippen LogP contribution in [-0.2, 0) is 20.8 Å². The van der Waals surface area contributed by atoms with Gasteiger partial charge in [-0.2, -0.15) is 5.10 Å².